The van der Waals surface area contributed by atoms with Gasteiger partial charge in [0.05, 0.1) is 18.1 Å². The van der Waals surface area contributed by atoms with E-state index in [-0.39, 0.29) is 42.4 Å². The molecule has 2 fully saturated rings. The van der Waals surface area contributed by atoms with Crippen LogP contribution in [0.1, 0.15) is 69.3 Å². The molecule has 0 radical (unpaired) electrons. The molecule has 13 heteroatoms. The third-order valence-electron chi connectivity index (χ3n) is 7.18. The van der Waals surface area contributed by atoms with Gasteiger partial charge in [0.1, 0.15) is 18.3 Å². The molecule has 1 heterocycles. The van der Waals surface area contributed by atoms with Crippen LogP contribution in [0.15, 0.2) is 28.1 Å². The molecule has 39 heavy (non-hydrogen) atoms. The summed E-state index contributed by atoms with van der Waals surface area (Å²) >= 11 is 0. The third kappa shape index (κ3) is 9.07. The zero-order valence-electron chi connectivity index (χ0n) is 22.5. The number of nitrogens with zero attached hydrogens (tertiary/aromatic N) is 2. The Kier molecular flexibility index (Phi) is 11.4. The van der Waals surface area contributed by atoms with Crippen molar-refractivity contribution < 1.29 is 32.6 Å². The first kappa shape index (κ1) is 30.6. The number of carboxylic acid groups (broad SMARTS) is 1. The topological polar surface area (TPSA) is 187 Å². The van der Waals surface area contributed by atoms with Crippen LogP contribution in [0.25, 0.3) is 0 Å². The molecular weight excluding hydrogens is 526 g/mol. The number of aliphatic carboxylic acids is 1. The van der Waals surface area contributed by atoms with Gasteiger partial charge < -0.3 is 30.9 Å². The number of rotatable bonds is 14. The zero-order chi connectivity index (χ0) is 28.4. The predicted octanol–water partition coefficient (Wildman–Crippen LogP) is 1.54. The van der Waals surface area contributed by atoms with E-state index in [1.54, 1.807) is 19.2 Å². The minimum Gasteiger partial charge on any atom is -0.496 e. The van der Waals surface area contributed by atoms with Crippen LogP contribution in [-0.4, -0.2) is 81.8 Å². The lowest BCUT2D eigenvalue weighted by Crippen LogP contribution is -2.51. The molecule has 1 aliphatic carbocycles. The van der Waals surface area contributed by atoms with E-state index >= 15 is 0 Å². The van der Waals surface area contributed by atoms with Crippen molar-refractivity contribution in [1.82, 2.24) is 9.62 Å². The highest BCUT2D eigenvalue weighted by molar-refractivity contribution is 7.89. The monoisotopic (exact) mass is 567 g/mol. The van der Waals surface area contributed by atoms with Gasteiger partial charge in [-0.15, -0.1) is 0 Å². The summed E-state index contributed by atoms with van der Waals surface area (Å²) in [5.41, 5.74) is 11.6. The fourth-order valence-corrected chi connectivity index (χ4v) is 6.51. The first-order valence-corrected chi connectivity index (χ1v) is 15.0. The van der Waals surface area contributed by atoms with E-state index in [2.05, 4.69) is 9.71 Å². The zero-order valence-corrected chi connectivity index (χ0v) is 23.3. The Hall–Kier alpha value is -2.90. The predicted molar refractivity (Wildman–Crippen MR) is 146 cm³/mol. The van der Waals surface area contributed by atoms with Crippen molar-refractivity contribution in [3.63, 3.8) is 0 Å². The SMILES string of the molecule is COc1ccc(S(=O)(=O)N[C@@H](CCCN=C(N)N)C(=O)N(CC(=O)O)CC2CCCO2)cc1C1CCCCC1. The van der Waals surface area contributed by atoms with E-state index < -0.39 is 34.5 Å². The lowest BCUT2D eigenvalue weighted by molar-refractivity contribution is -0.146. The second-order valence-corrected chi connectivity index (χ2v) is 11.8. The van der Waals surface area contributed by atoms with Gasteiger partial charge in [0.2, 0.25) is 15.9 Å². The molecule has 218 valence electrons. The Morgan fingerprint density at radius 3 is 2.56 bits per heavy atom. The van der Waals surface area contributed by atoms with E-state index in [1.165, 1.54) is 6.07 Å². The third-order valence-corrected chi connectivity index (χ3v) is 8.65. The molecular formula is C26H41N5O7S. The van der Waals surface area contributed by atoms with Crippen LogP contribution in [0, 0.1) is 0 Å². The molecule has 6 N–H and O–H groups in total. The Morgan fingerprint density at radius 2 is 1.95 bits per heavy atom. The standard InChI is InChI=1S/C26H41N5O7S/c1-37-23-12-11-20(15-21(23)18-7-3-2-4-8-18)39(35,36)30-22(10-5-13-29-26(27)28)25(34)31(17-24(32)33)16-19-9-6-14-38-19/h11-12,15,18-19,22,30H,2-10,13-14,16-17H2,1H3,(H,32,33)(H4,27,28,29)/t19?,22-/m0/s1. The van der Waals surface area contributed by atoms with Crippen molar-refractivity contribution in [2.75, 3.05) is 33.4 Å². The Morgan fingerprint density at radius 1 is 1.21 bits per heavy atom. The van der Waals surface area contributed by atoms with Gasteiger partial charge in [0.15, 0.2) is 5.96 Å². The van der Waals surface area contributed by atoms with E-state index in [4.69, 9.17) is 20.9 Å². The normalized spacial score (nSPS) is 18.8. The number of aliphatic imine (C=N–C) groups is 1. The Labute approximate surface area is 230 Å². The summed E-state index contributed by atoms with van der Waals surface area (Å²) in [4.78, 5) is 30.2. The van der Waals surface area contributed by atoms with E-state index in [1.807, 2.05) is 0 Å². The number of benzene rings is 1. The van der Waals surface area contributed by atoms with Gasteiger partial charge in [-0.05, 0) is 68.2 Å². The minimum atomic E-state index is -4.15. The molecule has 1 amide bonds. The van der Waals surface area contributed by atoms with Crippen molar-refractivity contribution in [1.29, 1.82) is 0 Å². The van der Waals surface area contributed by atoms with Crippen LogP contribution in [-0.2, 0) is 24.3 Å². The van der Waals surface area contributed by atoms with Crippen LogP contribution in [0.3, 0.4) is 0 Å². The number of methoxy groups -OCH3 is 1. The summed E-state index contributed by atoms with van der Waals surface area (Å²) in [6.45, 7) is 0.215. The molecule has 2 aliphatic rings. The van der Waals surface area contributed by atoms with Gasteiger partial charge in [-0.3, -0.25) is 14.6 Å². The number of nitrogens with one attached hydrogen (secondary N) is 1. The number of ether oxygens (including phenoxy) is 2. The number of hydrogen-bond acceptors (Lipinski definition) is 7. The molecule has 1 aliphatic heterocycles. The van der Waals surface area contributed by atoms with Crippen LogP contribution in [0.5, 0.6) is 5.75 Å². The van der Waals surface area contributed by atoms with Gasteiger partial charge in [-0.2, -0.15) is 4.72 Å². The highest BCUT2D eigenvalue weighted by Gasteiger charge is 2.33. The molecule has 0 bridgehead atoms. The molecule has 0 spiro atoms. The summed E-state index contributed by atoms with van der Waals surface area (Å²) in [5.74, 6) is -1.12. The largest absolute Gasteiger partial charge is 0.496 e. The first-order chi connectivity index (χ1) is 18.6. The number of guanidine groups is 1. The van der Waals surface area contributed by atoms with Gasteiger partial charge in [-0.1, -0.05) is 19.3 Å². The van der Waals surface area contributed by atoms with E-state index in [0.29, 0.717) is 25.2 Å². The number of hydrogen-bond donors (Lipinski definition) is 4. The number of carbonyl (C=O) groups excluding carboxylic acids is 1. The number of sulfonamides is 1. The molecule has 0 aromatic heterocycles. The molecule has 2 atom stereocenters. The lowest BCUT2D eigenvalue weighted by atomic mass is 9.84. The van der Waals surface area contributed by atoms with Crippen molar-refractivity contribution in [2.45, 2.75) is 80.7 Å². The van der Waals surface area contributed by atoms with E-state index in [9.17, 15) is 23.1 Å². The van der Waals surface area contributed by atoms with Crippen LogP contribution in [0.4, 0.5) is 0 Å². The van der Waals surface area contributed by atoms with Gasteiger partial charge in [0.25, 0.3) is 0 Å². The van der Waals surface area contributed by atoms with Crippen molar-refractivity contribution in [3.05, 3.63) is 23.8 Å². The van der Waals surface area contributed by atoms with Gasteiger partial charge >= 0.3 is 5.97 Å². The average molecular weight is 568 g/mol. The van der Waals surface area contributed by atoms with Crippen LogP contribution >= 0.6 is 0 Å². The highest BCUT2D eigenvalue weighted by Crippen LogP contribution is 2.38. The molecule has 12 nitrogen and oxygen atoms in total. The second-order valence-electron chi connectivity index (χ2n) is 10.1. The van der Waals surface area contributed by atoms with E-state index in [0.717, 1.165) is 49.0 Å². The molecule has 1 aromatic carbocycles. The molecule has 1 saturated carbocycles. The van der Waals surface area contributed by atoms with Gasteiger partial charge in [-0.25, -0.2) is 8.42 Å². The van der Waals surface area contributed by atoms with Crippen LogP contribution < -0.4 is 20.9 Å². The Balaban J connectivity index is 1.87. The lowest BCUT2D eigenvalue weighted by Gasteiger charge is -2.28. The summed E-state index contributed by atoms with van der Waals surface area (Å²) in [7, 11) is -2.59. The quantitative estimate of drug-likeness (QED) is 0.147. The number of nitrogens with two attached hydrogens (primary N) is 2. The van der Waals surface area contributed by atoms with Gasteiger partial charge in [0, 0.05) is 19.7 Å². The molecule has 1 aromatic rings. The number of carbonyl (C=O) groups is 2. The van der Waals surface area contributed by atoms with Crippen molar-refractivity contribution >= 4 is 27.9 Å². The van der Waals surface area contributed by atoms with Crippen LogP contribution in [0.2, 0.25) is 0 Å². The smallest absolute Gasteiger partial charge is 0.323 e. The molecule has 1 saturated heterocycles. The van der Waals surface area contributed by atoms with Crippen molar-refractivity contribution in [3.8, 4) is 5.75 Å². The fraction of sp³-hybridized carbons (Fsp3) is 0.654. The number of amides is 1. The maximum Gasteiger partial charge on any atom is 0.323 e. The summed E-state index contributed by atoms with van der Waals surface area (Å²) in [6, 6.07) is 3.50. The summed E-state index contributed by atoms with van der Waals surface area (Å²) in [6.07, 6.45) is 6.77. The number of carboxylic acids is 1. The molecule has 3 rings (SSSR count). The highest BCUT2D eigenvalue weighted by atomic mass is 32.2. The minimum absolute atomic E-state index is 0.0230. The fourth-order valence-electron chi connectivity index (χ4n) is 5.25. The van der Waals surface area contributed by atoms with Crippen molar-refractivity contribution in [2.24, 2.45) is 16.5 Å². The maximum absolute atomic E-state index is 13.6. The second kappa shape index (κ2) is 14.5. The molecule has 1 unspecified atom stereocenters. The Bertz CT molecular complexity index is 1110. The summed E-state index contributed by atoms with van der Waals surface area (Å²) in [5, 5.41) is 9.45. The maximum atomic E-state index is 13.6. The summed E-state index contributed by atoms with van der Waals surface area (Å²) < 4.78 is 40.8. The average Bonchev–Trinajstić information content (AvgIpc) is 3.42. The first-order valence-electron chi connectivity index (χ1n) is 13.5.